The number of guanidine groups is 1. The van der Waals surface area contributed by atoms with E-state index >= 15 is 0 Å². The molecule has 1 aliphatic carbocycles. The molecular weight excluding hydrogens is 393 g/mol. The van der Waals surface area contributed by atoms with E-state index in [1.807, 2.05) is 20.9 Å². The van der Waals surface area contributed by atoms with Crippen LogP contribution in [0.2, 0.25) is 0 Å². The van der Waals surface area contributed by atoms with Gasteiger partial charge in [-0.2, -0.15) is 0 Å². The van der Waals surface area contributed by atoms with Crippen LogP contribution in [0.15, 0.2) is 4.99 Å². The lowest BCUT2D eigenvalue weighted by Crippen LogP contribution is -2.42. The Bertz CT molecular complexity index is 319. The smallest absolute Gasteiger partial charge is 0.193 e. The van der Waals surface area contributed by atoms with Crippen LogP contribution in [0.4, 0.5) is 0 Å². The van der Waals surface area contributed by atoms with Crippen LogP contribution in [0.3, 0.4) is 0 Å². The van der Waals surface area contributed by atoms with Crippen molar-refractivity contribution in [2.24, 2.45) is 10.9 Å². The molecule has 0 amide bonds. The Labute approximate surface area is 152 Å². The summed E-state index contributed by atoms with van der Waals surface area (Å²) >= 11 is 0. The van der Waals surface area contributed by atoms with Gasteiger partial charge in [0.2, 0.25) is 0 Å². The van der Waals surface area contributed by atoms with Gasteiger partial charge in [-0.15, -0.1) is 24.0 Å². The second-order valence-electron chi connectivity index (χ2n) is 6.04. The van der Waals surface area contributed by atoms with Gasteiger partial charge in [-0.3, -0.25) is 4.99 Å². The number of aliphatic imine (C=N–C) groups is 1. The SMILES string of the molecule is CCNC(=NCC(O)(CC)CC)N(C)CCOCC1CC1.I. The van der Waals surface area contributed by atoms with Gasteiger partial charge in [-0.25, -0.2) is 0 Å². The molecule has 1 saturated carbocycles. The molecule has 2 N–H and O–H groups in total. The van der Waals surface area contributed by atoms with Crippen molar-refractivity contribution in [1.82, 2.24) is 10.2 Å². The second-order valence-corrected chi connectivity index (χ2v) is 6.04. The van der Waals surface area contributed by atoms with Crippen LogP contribution < -0.4 is 5.32 Å². The number of rotatable bonds is 10. The monoisotopic (exact) mass is 427 g/mol. The van der Waals surface area contributed by atoms with Crippen molar-refractivity contribution in [2.75, 3.05) is 39.9 Å². The van der Waals surface area contributed by atoms with Crippen molar-refractivity contribution in [3.8, 4) is 0 Å². The maximum Gasteiger partial charge on any atom is 0.193 e. The number of nitrogens with one attached hydrogen (secondary N) is 1. The van der Waals surface area contributed by atoms with Crippen molar-refractivity contribution < 1.29 is 9.84 Å². The maximum atomic E-state index is 10.3. The molecule has 0 aromatic carbocycles. The zero-order chi connectivity index (χ0) is 15.7. The summed E-state index contributed by atoms with van der Waals surface area (Å²) < 4.78 is 5.67. The summed E-state index contributed by atoms with van der Waals surface area (Å²) in [5, 5.41) is 13.6. The Kier molecular flexibility index (Phi) is 11.4. The van der Waals surface area contributed by atoms with Gasteiger partial charge in [0.05, 0.1) is 18.8 Å². The minimum atomic E-state index is -0.690. The van der Waals surface area contributed by atoms with Crippen LogP contribution in [0.1, 0.15) is 46.5 Å². The Morgan fingerprint density at radius 3 is 2.45 bits per heavy atom. The van der Waals surface area contributed by atoms with E-state index in [1.54, 1.807) is 0 Å². The molecule has 0 atom stereocenters. The molecule has 0 radical (unpaired) electrons. The zero-order valence-corrected chi connectivity index (χ0v) is 16.9. The summed E-state index contributed by atoms with van der Waals surface area (Å²) in [6.07, 6.45) is 4.10. The summed E-state index contributed by atoms with van der Waals surface area (Å²) in [7, 11) is 2.01. The number of hydrogen-bond donors (Lipinski definition) is 2. The minimum absolute atomic E-state index is 0. The number of hydrogen-bond acceptors (Lipinski definition) is 3. The van der Waals surface area contributed by atoms with Crippen molar-refractivity contribution in [1.29, 1.82) is 0 Å². The van der Waals surface area contributed by atoms with E-state index in [2.05, 4.69) is 22.1 Å². The van der Waals surface area contributed by atoms with Crippen molar-refractivity contribution in [3.05, 3.63) is 0 Å². The second kappa shape index (κ2) is 11.5. The molecule has 6 heteroatoms. The van der Waals surface area contributed by atoms with Crippen LogP contribution >= 0.6 is 24.0 Å². The van der Waals surface area contributed by atoms with Crippen LogP contribution in [0.25, 0.3) is 0 Å². The van der Waals surface area contributed by atoms with E-state index in [4.69, 9.17) is 4.74 Å². The standard InChI is InChI=1S/C16H33N3O2.HI/c1-5-16(20,6-2)13-18-15(17-7-3)19(4)10-11-21-12-14-8-9-14;/h14,20H,5-13H2,1-4H3,(H,17,18);1H. The highest BCUT2D eigenvalue weighted by Gasteiger charge is 2.22. The van der Waals surface area contributed by atoms with E-state index in [-0.39, 0.29) is 24.0 Å². The summed E-state index contributed by atoms with van der Waals surface area (Å²) in [6, 6.07) is 0. The number of halogens is 1. The average molecular weight is 427 g/mol. The van der Waals surface area contributed by atoms with E-state index in [9.17, 15) is 5.11 Å². The summed E-state index contributed by atoms with van der Waals surface area (Å²) in [4.78, 5) is 6.65. The first-order chi connectivity index (χ1) is 10.0. The van der Waals surface area contributed by atoms with Gasteiger partial charge in [0.15, 0.2) is 5.96 Å². The molecule has 0 unspecified atom stereocenters. The quantitative estimate of drug-likeness (QED) is 0.244. The lowest BCUT2D eigenvalue weighted by atomic mass is 9.98. The molecular formula is C16H34IN3O2. The highest BCUT2D eigenvalue weighted by atomic mass is 127. The molecule has 0 heterocycles. The first-order valence-electron chi connectivity index (χ1n) is 8.34. The molecule has 0 aromatic heterocycles. The molecule has 0 aromatic rings. The summed E-state index contributed by atoms with van der Waals surface area (Å²) in [5.41, 5.74) is -0.690. The minimum Gasteiger partial charge on any atom is -0.388 e. The normalized spacial score (nSPS) is 15.4. The van der Waals surface area contributed by atoms with Gasteiger partial charge in [-0.1, -0.05) is 13.8 Å². The average Bonchev–Trinajstić information content (AvgIpc) is 3.31. The van der Waals surface area contributed by atoms with E-state index in [0.29, 0.717) is 6.54 Å². The van der Waals surface area contributed by atoms with Crippen LogP contribution in [-0.4, -0.2) is 61.5 Å². The van der Waals surface area contributed by atoms with Gasteiger partial charge >= 0.3 is 0 Å². The third-order valence-electron chi connectivity index (χ3n) is 4.16. The van der Waals surface area contributed by atoms with Crippen LogP contribution in [-0.2, 0) is 4.74 Å². The third kappa shape index (κ3) is 8.53. The Hall–Kier alpha value is -0.0800. The number of aliphatic hydroxyl groups is 1. The number of ether oxygens (including phenoxy) is 1. The van der Waals surface area contributed by atoms with Crippen molar-refractivity contribution in [2.45, 2.75) is 52.1 Å². The van der Waals surface area contributed by atoms with Crippen LogP contribution in [0, 0.1) is 5.92 Å². The van der Waals surface area contributed by atoms with Crippen molar-refractivity contribution >= 4 is 29.9 Å². The molecule has 1 rings (SSSR count). The zero-order valence-electron chi connectivity index (χ0n) is 14.6. The molecule has 5 nitrogen and oxygen atoms in total. The van der Waals surface area contributed by atoms with Gasteiger partial charge < -0.3 is 20.1 Å². The largest absolute Gasteiger partial charge is 0.388 e. The van der Waals surface area contributed by atoms with Gasteiger partial charge in [0.1, 0.15) is 0 Å². The Balaban J connectivity index is 0.00000441. The van der Waals surface area contributed by atoms with Gasteiger partial charge in [-0.05, 0) is 38.5 Å². The van der Waals surface area contributed by atoms with Gasteiger partial charge in [0.25, 0.3) is 0 Å². The lowest BCUT2D eigenvalue weighted by Gasteiger charge is -2.26. The molecule has 132 valence electrons. The lowest BCUT2D eigenvalue weighted by molar-refractivity contribution is 0.0415. The first-order valence-corrected chi connectivity index (χ1v) is 8.34. The highest BCUT2D eigenvalue weighted by molar-refractivity contribution is 14.0. The predicted molar refractivity (Wildman–Crippen MR) is 103 cm³/mol. The fraction of sp³-hybridized carbons (Fsp3) is 0.938. The van der Waals surface area contributed by atoms with Crippen molar-refractivity contribution in [3.63, 3.8) is 0 Å². The van der Waals surface area contributed by atoms with E-state index in [1.165, 1.54) is 12.8 Å². The topological polar surface area (TPSA) is 57.1 Å². The Morgan fingerprint density at radius 1 is 1.32 bits per heavy atom. The number of nitrogens with zero attached hydrogens (tertiary/aromatic N) is 2. The Morgan fingerprint density at radius 2 is 1.95 bits per heavy atom. The molecule has 22 heavy (non-hydrogen) atoms. The first kappa shape index (κ1) is 21.9. The molecule has 1 fully saturated rings. The molecule has 1 aliphatic rings. The fourth-order valence-electron chi connectivity index (χ4n) is 2.01. The molecule has 0 saturated heterocycles. The van der Waals surface area contributed by atoms with Crippen LogP contribution in [0.5, 0.6) is 0 Å². The molecule has 0 aliphatic heterocycles. The maximum absolute atomic E-state index is 10.3. The van der Waals surface area contributed by atoms with E-state index < -0.39 is 5.60 Å². The summed E-state index contributed by atoms with van der Waals surface area (Å²) in [6.45, 7) is 9.76. The van der Waals surface area contributed by atoms with E-state index in [0.717, 1.165) is 51.0 Å². The van der Waals surface area contributed by atoms with Gasteiger partial charge in [0, 0.05) is 26.7 Å². The number of likely N-dealkylation sites (N-methyl/N-ethyl adjacent to an activating group) is 1. The molecule has 0 bridgehead atoms. The fourth-order valence-corrected chi connectivity index (χ4v) is 2.01. The molecule has 0 spiro atoms. The summed E-state index contributed by atoms with van der Waals surface area (Å²) in [5.74, 6) is 1.65. The highest BCUT2D eigenvalue weighted by Crippen LogP contribution is 2.28. The predicted octanol–water partition coefficient (Wildman–Crippen LogP) is 2.48. The third-order valence-corrected chi connectivity index (χ3v) is 4.16.